The van der Waals surface area contributed by atoms with Crippen LogP contribution in [0.3, 0.4) is 0 Å². The highest BCUT2D eigenvalue weighted by atomic mass is 16.5. The Kier molecular flexibility index (Phi) is 6.30. The molecule has 1 N–H and O–H groups in total. The molecule has 0 aliphatic rings. The number of aryl methyl sites for hydroxylation is 2. The van der Waals surface area contributed by atoms with Crippen LogP contribution in [0, 0.1) is 13.8 Å². The molecule has 0 spiro atoms. The molecule has 1 rings (SSSR count). The maximum Gasteiger partial charge on any atom is 0.105 e. The van der Waals surface area contributed by atoms with Gasteiger partial charge in [-0.3, -0.25) is 0 Å². The van der Waals surface area contributed by atoms with E-state index < -0.39 is 0 Å². The van der Waals surface area contributed by atoms with Gasteiger partial charge in [0.05, 0.1) is 6.61 Å². The first-order valence-corrected chi connectivity index (χ1v) is 6.53. The molecule has 0 amide bonds. The fourth-order valence-corrected chi connectivity index (χ4v) is 1.89. The van der Waals surface area contributed by atoms with E-state index in [1.54, 1.807) is 0 Å². The summed E-state index contributed by atoms with van der Waals surface area (Å²) in [6.45, 7) is 10.9. The molecule has 98 valence electrons. The maximum absolute atomic E-state index is 5.52. The Hall–Kier alpha value is -0.800. The Morgan fingerprint density at radius 3 is 2.71 bits per heavy atom. The second-order valence-corrected chi connectivity index (χ2v) is 4.51. The summed E-state index contributed by atoms with van der Waals surface area (Å²) in [6.07, 6.45) is 2.34. The van der Waals surface area contributed by atoms with E-state index in [1.807, 2.05) is 13.8 Å². The first kappa shape index (κ1) is 14.3. The standard InChI is InChI=1S/C14H25NO2/c1-5-6-8-16-9-7-15-12(3)14-10-11(2)17-13(14)4/h10,12,15H,5-9H2,1-4H3. The number of unbranched alkanes of at least 4 members (excludes halogenated alkanes) is 1. The van der Waals surface area contributed by atoms with E-state index in [0.29, 0.717) is 6.04 Å². The van der Waals surface area contributed by atoms with Gasteiger partial charge < -0.3 is 14.5 Å². The highest BCUT2D eigenvalue weighted by Gasteiger charge is 2.11. The van der Waals surface area contributed by atoms with Gasteiger partial charge in [-0.2, -0.15) is 0 Å². The molecule has 1 aromatic rings. The highest BCUT2D eigenvalue weighted by Crippen LogP contribution is 2.20. The normalized spacial score (nSPS) is 12.9. The average Bonchev–Trinajstić information content (AvgIpc) is 2.62. The average molecular weight is 239 g/mol. The monoisotopic (exact) mass is 239 g/mol. The molecule has 1 atom stereocenters. The summed E-state index contributed by atoms with van der Waals surface area (Å²) >= 11 is 0. The van der Waals surface area contributed by atoms with Crippen LogP contribution in [0.25, 0.3) is 0 Å². The lowest BCUT2D eigenvalue weighted by Crippen LogP contribution is -2.23. The van der Waals surface area contributed by atoms with Crippen molar-refractivity contribution in [3.05, 3.63) is 23.2 Å². The number of hydrogen-bond acceptors (Lipinski definition) is 3. The van der Waals surface area contributed by atoms with Crippen LogP contribution in [0.15, 0.2) is 10.5 Å². The lowest BCUT2D eigenvalue weighted by molar-refractivity contribution is 0.131. The molecule has 3 nitrogen and oxygen atoms in total. The molecule has 17 heavy (non-hydrogen) atoms. The van der Waals surface area contributed by atoms with Crippen LogP contribution in [0.2, 0.25) is 0 Å². The van der Waals surface area contributed by atoms with Gasteiger partial charge in [-0.05, 0) is 33.3 Å². The smallest absolute Gasteiger partial charge is 0.105 e. The predicted molar refractivity (Wildman–Crippen MR) is 70.3 cm³/mol. The number of ether oxygens (including phenoxy) is 1. The minimum absolute atomic E-state index is 0.322. The topological polar surface area (TPSA) is 34.4 Å². The molecule has 1 aromatic heterocycles. The Morgan fingerprint density at radius 2 is 2.12 bits per heavy atom. The maximum atomic E-state index is 5.52. The van der Waals surface area contributed by atoms with Crippen LogP contribution < -0.4 is 5.32 Å². The molecule has 1 unspecified atom stereocenters. The van der Waals surface area contributed by atoms with E-state index in [0.717, 1.165) is 37.7 Å². The van der Waals surface area contributed by atoms with Crippen molar-refractivity contribution >= 4 is 0 Å². The largest absolute Gasteiger partial charge is 0.466 e. The van der Waals surface area contributed by atoms with Crippen LogP contribution >= 0.6 is 0 Å². The molecule has 0 saturated carbocycles. The van der Waals surface area contributed by atoms with Crippen molar-refractivity contribution in [3.8, 4) is 0 Å². The summed E-state index contributed by atoms with van der Waals surface area (Å²) in [6, 6.07) is 2.42. The van der Waals surface area contributed by atoms with Crippen molar-refractivity contribution in [1.82, 2.24) is 5.32 Å². The molecule has 0 fully saturated rings. The van der Waals surface area contributed by atoms with Crippen molar-refractivity contribution < 1.29 is 9.15 Å². The van der Waals surface area contributed by atoms with Crippen molar-refractivity contribution in [2.75, 3.05) is 19.8 Å². The minimum Gasteiger partial charge on any atom is -0.466 e. The van der Waals surface area contributed by atoms with E-state index in [9.17, 15) is 0 Å². The van der Waals surface area contributed by atoms with E-state index in [1.165, 1.54) is 12.0 Å². The van der Waals surface area contributed by atoms with Crippen molar-refractivity contribution in [2.45, 2.75) is 46.6 Å². The van der Waals surface area contributed by atoms with Crippen molar-refractivity contribution in [2.24, 2.45) is 0 Å². The van der Waals surface area contributed by atoms with Gasteiger partial charge in [-0.25, -0.2) is 0 Å². The van der Waals surface area contributed by atoms with E-state index in [4.69, 9.17) is 9.15 Å². The number of furan rings is 1. The zero-order valence-corrected chi connectivity index (χ0v) is 11.5. The van der Waals surface area contributed by atoms with Crippen LogP contribution in [-0.4, -0.2) is 19.8 Å². The van der Waals surface area contributed by atoms with Gasteiger partial charge in [0.1, 0.15) is 11.5 Å². The molecule has 0 bridgehead atoms. The molecule has 0 aromatic carbocycles. The fraction of sp³-hybridized carbons (Fsp3) is 0.714. The third-order valence-electron chi connectivity index (χ3n) is 2.89. The van der Waals surface area contributed by atoms with Gasteiger partial charge in [-0.1, -0.05) is 13.3 Å². The van der Waals surface area contributed by atoms with Gasteiger partial charge in [0, 0.05) is 24.8 Å². The van der Waals surface area contributed by atoms with Gasteiger partial charge in [0.2, 0.25) is 0 Å². The third-order valence-corrected chi connectivity index (χ3v) is 2.89. The zero-order chi connectivity index (χ0) is 12.7. The Morgan fingerprint density at radius 1 is 1.35 bits per heavy atom. The number of hydrogen-bond donors (Lipinski definition) is 1. The number of rotatable bonds is 8. The summed E-state index contributed by atoms with van der Waals surface area (Å²) in [4.78, 5) is 0. The second-order valence-electron chi connectivity index (χ2n) is 4.51. The minimum atomic E-state index is 0.322. The summed E-state index contributed by atoms with van der Waals surface area (Å²) < 4.78 is 11.0. The molecule has 3 heteroatoms. The van der Waals surface area contributed by atoms with Crippen LogP contribution in [0.4, 0.5) is 0 Å². The zero-order valence-electron chi connectivity index (χ0n) is 11.5. The first-order valence-electron chi connectivity index (χ1n) is 6.53. The van der Waals surface area contributed by atoms with Crippen LogP contribution in [-0.2, 0) is 4.74 Å². The van der Waals surface area contributed by atoms with Crippen LogP contribution in [0.1, 0.15) is 49.8 Å². The predicted octanol–water partition coefficient (Wildman–Crippen LogP) is 3.36. The SMILES string of the molecule is CCCCOCCNC(C)c1cc(C)oc1C. The third kappa shape index (κ3) is 4.92. The molecule has 1 heterocycles. The van der Waals surface area contributed by atoms with E-state index in [-0.39, 0.29) is 0 Å². The van der Waals surface area contributed by atoms with Gasteiger partial charge >= 0.3 is 0 Å². The molecule has 0 aliphatic heterocycles. The van der Waals surface area contributed by atoms with Gasteiger partial charge in [0.15, 0.2) is 0 Å². The lowest BCUT2D eigenvalue weighted by Gasteiger charge is -2.13. The number of nitrogens with one attached hydrogen (secondary N) is 1. The lowest BCUT2D eigenvalue weighted by atomic mass is 10.1. The first-order chi connectivity index (χ1) is 8.15. The van der Waals surface area contributed by atoms with Gasteiger partial charge in [-0.15, -0.1) is 0 Å². The highest BCUT2D eigenvalue weighted by molar-refractivity contribution is 5.23. The molecular formula is C14H25NO2. The summed E-state index contributed by atoms with van der Waals surface area (Å²) in [7, 11) is 0. The van der Waals surface area contributed by atoms with Crippen molar-refractivity contribution in [3.63, 3.8) is 0 Å². The Bertz CT molecular complexity index is 320. The molecule has 0 radical (unpaired) electrons. The summed E-state index contributed by atoms with van der Waals surface area (Å²) in [5.74, 6) is 1.99. The van der Waals surface area contributed by atoms with E-state index in [2.05, 4.69) is 25.2 Å². The Labute approximate surface area is 105 Å². The van der Waals surface area contributed by atoms with Gasteiger partial charge in [0.25, 0.3) is 0 Å². The second kappa shape index (κ2) is 7.51. The molecule has 0 saturated heterocycles. The quantitative estimate of drug-likeness (QED) is 0.706. The summed E-state index contributed by atoms with van der Waals surface area (Å²) in [5, 5.41) is 3.44. The van der Waals surface area contributed by atoms with Crippen molar-refractivity contribution in [1.29, 1.82) is 0 Å². The summed E-state index contributed by atoms with van der Waals surface area (Å²) in [5.41, 5.74) is 1.25. The van der Waals surface area contributed by atoms with Crippen LogP contribution in [0.5, 0.6) is 0 Å². The fourth-order valence-electron chi connectivity index (χ4n) is 1.89. The Balaban J connectivity index is 2.21. The molecular weight excluding hydrogens is 214 g/mol. The van der Waals surface area contributed by atoms with E-state index >= 15 is 0 Å². The molecule has 0 aliphatic carbocycles.